The van der Waals surface area contributed by atoms with Gasteiger partial charge in [-0.3, -0.25) is 0 Å². The molecule has 3 aromatic carbocycles. The lowest BCUT2D eigenvalue weighted by molar-refractivity contribution is 0.346. The summed E-state index contributed by atoms with van der Waals surface area (Å²) in [5, 5.41) is 3.20. The van der Waals surface area contributed by atoms with Crippen LogP contribution in [0, 0.1) is 0 Å². The number of ether oxygens (including phenoxy) is 1. The van der Waals surface area contributed by atoms with Crippen LogP contribution in [-0.4, -0.2) is 25.7 Å². The Morgan fingerprint density at radius 3 is 2.25 bits per heavy atom. The lowest BCUT2D eigenvalue weighted by Crippen LogP contribution is -2.21. The van der Waals surface area contributed by atoms with Crippen LogP contribution in [0.2, 0.25) is 0 Å². The molecule has 0 atom stereocenters. The first-order chi connectivity index (χ1) is 13.8. The normalized spacial score (nSPS) is 13.0. The zero-order chi connectivity index (χ0) is 19.2. The van der Waals surface area contributed by atoms with Crippen LogP contribution in [0.4, 0.5) is 11.4 Å². The summed E-state index contributed by atoms with van der Waals surface area (Å²) in [5.74, 6) is 0. The van der Waals surface area contributed by atoms with E-state index in [2.05, 4.69) is 94.9 Å². The molecule has 1 heterocycles. The van der Waals surface area contributed by atoms with E-state index in [1.807, 2.05) is 6.07 Å². The SMILES string of the molecule is CCN(Cc1ccc(NC2=NCCO2)cc1)c1ccc(-c2ccccc2)cc1. The van der Waals surface area contributed by atoms with Gasteiger partial charge in [0.1, 0.15) is 6.61 Å². The quantitative estimate of drug-likeness (QED) is 0.649. The number of anilines is 2. The molecule has 3 aromatic rings. The Hall–Kier alpha value is -3.27. The minimum Gasteiger partial charge on any atom is -0.463 e. The second-order valence-electron chi connectivity index (χ2n) is 6.78. The van der Waals surface area contributed by atoms with Gasteiger partial charge in [-0.1, -0.05) is 54.6 Å². The maximum Gasteiger partial charge on any atom is 0.289 e. The molecule has 4 nitrogen and oxygen atoms in total. The zero-order valence-corrected chi connectivity index (χ0v) is 16.1. The highest BCUT2D eigenvalue weighted by Gasteiger charge is 2.09. The molecule has 0 aromatic heterocycles. The Balaban J connectivity index is 1.42. The van der Waals surface area contributed by atoms with Gasteiger partial charge in [0.15, 0.2) is 0 Å². The summed E-state index contributed by atoms with van der Waals surface area (Å²) >= 11 is 0. The van der Waals surface area contributed by atoms with E-state index in [0.29, 0.717) is 12.6 Å². The number of nitrogens with zero attached hydrogens (tertiary/aromatic N) is 2. The van der Waals surface area contributed by atoms with E-state index in [1.165, 1.54) is 22.4 Å². The van der Waals surface area contributed by atoms with E-state index < -0.39 is 0 Å². The Kier molecular flexibility index (Phi) is 5.57. The largest absolute Gasteiger partial charge is 0.463 e. The van der Waals surface area contributed by atoms with Gasteiger partial charge in [-0.15, -0.1) is 0 Å². The fourth-order valence-corrected chi connectivity index (χ4v) is 3.33. The van der Waals surface area contributed by atoms with Crippen LogP contribution < -0.4 is 10.2 Å². The number of amidine groups is 1. The molecule has 0 amide bonds. The third-order valence-corrected chi connectivity index (χ3v) is 4.89. The van der Waals surface area contributed by atoms with Crippen LogP contribution in [0.5, 0.6) is 0 Å². The molecular weight excluding hydrogens is 346 g/mol. The van der Waals surface area contributed by atoms with Gasteiger partial charge in [-0.2, -0.15) is 0 Å². The van der Waals surface area contributed by atoms with Crippen molar-refractivity contribution in [1.29, 1.82) is 0 Å². The van der Waals surface area contributed by atoms with E-state index in [0.717, 1.165) is 25.3 Å². The van der Waals surface area contributed by atoms with Crippen molar-refractivity contribution in [1.82, 2.24) is 0 Å². The molecule has 28 heavy (non-hydrogen) atoms. The molecule has 0 saturated heterocycles. The molecule has 0 fully saturated rings. The number of aliphatic imine (C=N–C) groups is 1. The van der Waals surface area contributed by atoms with Crippen molar-refractivity contribution < 1.29 is 4.74 Å². The second-order valence-corrected chi connectivity index (χ2v) is 6.78. The Labute approximate surface area is 166 Å². The molecule has 4 rings (SSSR count). The molecular formula is C24H25N3O. The average molecular weight is 371 g/mol. The van der Waals surface area contributed by atoms with Gasteiger partial charge in [0.25, 0.3) is 6.02 Å². The Morgan fingerprint density at radius 1 is 0.893 bits per heavy atom. The summed E-state index contributed by atoms with van der Waals surface area (Å²) in [6.07, 6.45) is 0. The predicted octanol–water partition coefficient (Wildman–Crippen LogP) is 5.18. The highest BCUT2D eigenvalue weighted by Crippen LogP contribution is 2.24. The van der Waals surface area contributed by atoms with Crippen molar-refractivity contribution >= 4 is 17.4 Å². The Bertz CT molecular complexity index is 918. The number of rotatable bonds is 6. The maximum atomic E-state index is 5.40. The first-order valence-corrected chi connectivity index (χ1v) is 9.75. The van der Waals surface area contributed by atoms with Crippen molar-refractivity contribution in [2.75, 3.05) is 29.9 Å². The molecule has 0 spiro atoms. The third kappa shape index (κ3) is 4.34. The van der Waals surface area contributed by atoms with E-state index >= 15 is 0 Å². The molecule has 0 aliphatic carbocycles. The lowest BCUT2D eigenvalue weighted by Gasteiger charge is -2.23. The van der Waals surface area contributed by atoms with Crippen molar-refractivity contribution in [3.8, 4) is 11.1 Å². The summed E-state index contributed by atoms with van der Waals surface area (Å²) in [4.78, 5) is 6.64. The number of hydrogen-bond acceptors (Lipinski definition) is 4. The van der Waals surface area contributed by atoms with Crippen molar-refractivity contribution in [2.45, 2.75) is 13.5 Å². The predicted molar refractivity (Wildman–Crippen MR) is 117 cm³/mol. The summed E-state index contributed by atoms with van der Waals surface area (Å²) < 4.78 is 5.40. The summed E-state index contributed by atoms with van der Waals surface area (Å²) in [7, 11) is 0. The molecule has 4 heteroatoms. The van der Waals surface area contributed by atoms with E-state index in [4.69, 9.17) is 4.74 Å². The summed E-state index contributed by atoms with van der Waals surface area (Å²) in [6.45, 7) is 5.41. The number of nitrogens with one attached hydrogen (secondary N) is 1. The minimum atomic E-state index is 0.612. The van der Waals surface area contributed by atoms with E-state index in [1.54, 1.807) is 0 Å². The molecule has 0 bridgehead atoms. The molecule has 1 N–H and O–H groups in total. The Morgan fingerprint density at radius 2 is 1.61 bits per heavy atom. The van der Waals surface area contributed by atoms with Crippen LogP contribution in [0.15, 0.2) is 83.9 Å². The lowest BCUT2D eigenvalue weighted by atomic mass is 10.1. The molecule has 0 unspecified atom stereocenters. The van der Waals surface area contributed by atoms with Crippen molar-refractivity contribution in [2.24, 2.45) is 4.99 Å². The number of hydrogen-bond donors (Lipinski definition) is 1. The van der Waals surface area contributed by atoms with Crippen molar-refractivity contribution in [3.63, 3.8) is 0 Å². The van der Waals surface area contributed by atoms with E-state index in [-0.39, 0.29) is 0 Å². The zero-order valence-electron chi connectivity index (χ0n) is 16.1. The standard InChI is InChI=1S/C24H25N3O/c1-2-27(23-14-10-21(11-15-23)20-6-4-3-5-7-20)18-19-8-12-22(13-9-19)26-24-25-16-17-28-24/h3-15H,2,16-18H2,1H3,(H,25,26). The molecule has 142 valence electrons. The van der Waals surface area contributed by atoms with Gasteiger partial charge in [-0.05, 0) is 47.9 Å². The van der Waals surface area contributed by atoms with Crippen LogP contribution in [-0.2, 0) is 11.3 Å². The summed E-state index contributed by atoms with van der Waals surface area (Å²) in [5.41, 5.74) is 6.00. The molecule has 1 aliphatic heterocycles. The highest BCUT2D eigenvalue weighted by molar-refractivity contribution is 5.89. The summed E-state index contributed by atoms with van der Waals surface area (Å²) in [6, 6.07) is 28.4. The highest BCUT2D eigenvalue weighted by atomic mass is 16.5. The maximum absolute atomic E-state index is 5.40. The van der Waals surface area contributed by atoms with Crippen LogP contribution >= 0.6 is 0 Å². The van der Waals surface area contributed by atoms with E-state index in [9.17, 15) is 0 Å². The molecule has 0 saturated carbocycles. The second kappa shape index (κ2) is 8.61. The van der Waals surface area contributed by atoms with Gasteiger partial charge in [0, 0.05) is 24.5 Å². The fraction of sp³-hybridized carbons (Fsp3) is 0.208. The van der Waals surface area contributed by atoms with Crippen LogP contribution in [0.25, 0.3) is 11.1 Å². The average Bonchev–Trinajstić information content (AvgIpc) is 3.27. The van der Waals surface area contributed by atoms with Gasteiger partial charge in [-0.25, -0.2) is 4.99 Å². The number of benzene rings is 3. The van der Waals surface area contributed by atoms with Crippen LogP contribution in [0.3, 0.4) is 0 Å². The fourth-order valence-electron chi connectivity index (χ4n) is 3.33. The third-order valence-electron chi connectivity index (χ3n) is 4.89. The van der Waals surface area contributed by atoms with Gasteiger partial charge in [0.05, 0.1) is 6.54 Å². The monoisotopic (exact) mass is 371 g/mol. The van der Waals surface area contributed by atoms with Gasteiger partial charge < -0.3 is 15.0 Å². The molecule has 1 aliphatic rings. The van der Waals surface area contributed by atoms with Crippen molar-refractivity contribution in [3.05, 3.63) is 84.4 Å². The van der Waals surface area contributed by atoms with Crippen LogP contribution in [0.1, 0.15) is 12.5 Å². The first kappa shape index (κ1) is 18.1. The first-order valence-electron chi connectivity index (χ1n) is 9.75. The minimum absolute atomic E-state index is 0.612. The smallest absolute Gasteiger partial charge is 0.289 e. The van der Waals surface area contributed by atoms with Gasteiger partial charge >= 0.3 is 0 Å². The van der Waals surface area contributed by atoms with Gasteiger partial charge in [0.2, 0.25) is 0 Å². The molecule has 0 radical (unpaired) electrons. The topological polar surface area (TPSA) is 36.9 Å².